The quantitative estimate of drug-likeness (QED) is 0.534. The van der Waals surface area contributed by atoms with Gasteiger partial charge in [0.25, 0.3) is 0 Å². The molecule has 0 aromatic rings. The highest BCUT2D eigenvalue weighted by Gasteiger charge is 2.13. The summed E-state index contributed by atoms with van der Waals surface area (Å²) in [6, 6.07) is -0.809. The molecule has 13 heavy (non-hydrogen) atoms. The van der Waals surface area contributed by atoms with Crippen molar-refractivity contribution in [2.24, 2.45) is 11.5 Å². The Balaban J connectivity index is 3.63. The van der Waals surface area contributed by atoms with Gasteiger partial charge < -0.3 is 11.5 Å². The Bertz CT molecular complexity index is 187. The van der Waals surface area contributed by atoms with E-state index in [4.69, 9.17) is 11.5 Å². The topological polar surface area (TPSA) is 98.2 Å². The first-order valence-corrected chi connectivity index (χ1v) is 5.04. The minimum Gasteiger partial charge on any atom is -0.351 e. The summed E-state index contributed by atoms with van der Waals surface area (Å²) in [6.07, 6.45) is 0.860. The molecule has 0 aliphatic rings. The number of hydrogen-bond donors (Lipinski definition) is 3. The number of nitrogens with two attached hydrogens (primary N) is 2. The van der Waals surface area contributed by atoms with E-state index >= 15 is 0 Å². The summed E-state index contributed by atoms with van der Waals surface area (Å²) >= 11 is 1.45. The molecule has 0 heterocycles. The van der Waals surface area contributed by atoms with Crippen LogP contribution in [0.5, 0.6) is 0 Å². The van der Waals surface area contributed by atoms with Crippen molar-refractivity contribution >= 4 is 23.7 Å². The van der Waals surface area contributed by atoms with E-state index in [2.05, 4.69) is 0 Å². The fraction of sp³-hybridized carbons (Fsp3) is 0.714. The van der Waals surface area contributed by atoms with E-state index < -0.39 is 6.03 Å². The van der Waals surface area contributed by atoms with Crippen LogP contribution in [0.25, 0.3) is 0 Å². The van der Waals surface area contributed by atoms with Gasteiger partial charge in [-0.3, -0.25) is 10.1 Å². The van der Waals surface area contributed by atoms with E-state index in [-0.39, 0.29) is 11.2 Å². The van der Waals surface area contributed by atoms with Gasteiger partial charge in [0.1, 0.15) is 0 Å². The molecule has 0 bridgehead atoms. The fourth-order valence-electron chi connectivity index (χ4n) is 0.642. The van der Waals surface area contributed by atoms with E-state index in [0.29, 0.717) is 6.54 Å². The second-order valence-electron chi connectivity index (χ2n) is 2.51. The van der Waals surface area contributed by atoms with Crippen molar-refractivity contribution in [3.63, 3.8) is 0 Å². The largest absolute Gasteiger partial charge is 0.351 e. The van der Waals surface area contributed by atoms with Crippen molar-refractivity contribution in [1.29, 1.82) is 0 Å². The molecule has 0 spiro atoms. The van der Waals surface area contributed by atoms with E-state index in [1.807, 2.05) is 5.32 Å². The predicted molar refractivity (Wildman–Crippen MR) is 53.3 cm³/mol. The van der Waals surface area contributed by atoms with Crippen molar-refractivity contribution in [2.75, 3.05) is 12.3 Å². The van der Waals surface area contributed by atoms with Crippen LogP contribution in [-0.4, -0.2) is 29.5 Å². The first kappa shape index (κ1) is 12.2. The number of rotatable bonds is 5. The molecular formula is C7H15N3O2S. The van der Waals surface area contributed by atoms with Gasteiger partial charge in [0.05, 0.1) is 5.25 Å². The smallest absolute Gasteiger partial charge is 0.318 e. The van der Waals surface area contributed by atoms with E-state index in [1.54, 1.807) is 6.92 Å². The third-order valence-corrected chi connectivity index (χ3v) is 2.57. The van der Waals surface area contributed by atoms with Crippen LogP contribution in [0, 0.1) is 0 Å². The molecule has 0 saturated carbocycles. The van der Waals surface area contributed by atoms with Crippen molar-refractivity contribution in [1.82, 2.24) is 5.32 Å². The average molecular weight is 205 g/mol. The summed E-state index contributed by atoms with van der Waals surface area (Å²) in [4.78, 5) is 21.4. The molecule has 1 unspecified atom stereocenters. The number of hydrogen-bond acceptors (Lipinski definition) is 4. The number of imide groups is 1. The monoisotopic (exact) mass is 205 g/mol. The Morgan fingerprint density at radius 1 is 1.54 bits per heavy atom. The molecular weight excluding hydrogens is 190 g/mol. The van der Waals surface area contributed by atoms with Crippen LogP contribution in [0.3, 0.4) is 0 Å². The Labute approximate surface area is 81.6 Å². The Kier molecular flexibility index (Phi) is 6.34. The van der Waals surface area contributed by atoms with Crippen LogP contribution in [0.15, 0.2) is 0 Å². The number of carbonyl (C=O) groups is 2. The molecule has 0 aromatic carbocycles. The first-order valence-electron chi connectivity index (χ1n) is 4.00. The molecule has 3 amide bonds. The zero-order valence-electron chi connectivity index (χ0n) is 7.58. The molecule has 76 valence electrons. The van der Waals surface area contributed by atoms with Gasteiger partial charge in [0.15, 0.2) is 0 Å². The molecule has 5 nitrogen and oxygen atoms in total. The van der Waals surface area contributed by atoms with Crippen LogP contribution in [-0.2, 0) is 4.79 Å². The van der Waals surface area contributed by atoms with Crippen LogP contribution >= 0.6 is 11.8 Å². The van der Waals surface area contributed by atoms with E-state index in [9.17, 15) is 9.59 Å². The Hall–Kier alpha value is -0.750. The summed E-state index contributed by atoms with van der Waals surface area (Å²) in [5.41, 5.74) is 10.1. The minimum atomic E-state index is -0.809. The van der Waals surface area contributed by atoms with Gasteiger partial charge in [-0.1, -0.05) is 0 Å². The van der Waals surface area contributed by atoms with Crippen LogP contribution in [0.1, 0.15) is 13.3 Å². The van der Waals surface area contributed by atoms with E-state index in [0.717, 1.165) is 12.2 Å². The summed E-state index contributed by atoms with van der Waals surface area (Å²) in [5.74, 6) is 0.457. The fourth-order valence-corrected chi connectivity index (χ4v) is 1.54. The minimum absolute atomic E-state index is 0.265. The highest BCUT2D eigenvalue weighted by molar-refractivity contribution is 8.00. The maximum Gasteiger partial charge on any atom is 0.318 e. The normalized spacial score (nSPS) is 12.2. The molecule has 0 fully saturated rings. The molecule has 0 saturated heterocycles. The van der Waals surface area contributed by atoms with Gasteiger partial charge in [-0.15, -0.1) is 11.8 Å². The first-order chi connectivity index (χ1) is 6.07. The number of carbonyl (C=O) groups excluding carboxylic acids is 2. The lowest BCUT2D eigenvalue weighted by molar-refractivity contribution is -0.119. The molecule has 0 radical (unpaired) electrons. The lowest BCUT2D eigenvalue weighted by atomic mass is 10.4. The maximum atomic E-state index is 11.1. The van der Waals surface area contributed by atoms with Gasteiger partial charge >= 0.3 is 6.03 Å². The standard InChI is InChI=1S/C7H15N3O2S/c1-5(13-4-2-3-8)6(11)10-7(9)12/h5H,2-4,8H2,1H3,(H3,9,10,11,12). The zero-order valence-corrected chi connectivity index (χ0v) is 8.39. The highest BCUT2D eigenvalue weighted by Crippen LogP contribution is 2.10. The summed E-state index contributed by atoms with van der Waals surface area (Å²) in [7, 11) is 0. The van der Waals surface area contributed by atoms with Crippen molar-refractivity contribution in [3.8, 4) is 0 Å². The van der Waals surface area contributed by atoms with Crippen LogP contribution < -0.4 is 16.8 Å². The Morgan fingerprint density at radius 3 is 2.62 bits per heavy atom. The number of amides is 3. The summed E-state index contributed by atoms with van der Waals surface area (Å²) in [6.45, 7) is 2.33. The predicted octanol–water partition coefficient (Wildman–Crippen LogP) is -0.348. The summed E-state index contributed by atoms with van der Waals surface area (Å²) < 4.78 is 0. The molecule has 1 atom stereocenters. The number of primary amides is 1. The number of urea groups is 1. The molecule has 5 N–H and O–H groups in total. The van der Waals surface area contributed by atoms with Gasteiger partial charge in [0.2, 0.25) is 5.91 Å². The van der Waals surface area contributed by atoms with E-state index in [1.165, 1.54) is 11.8 Å². The van der Waals surface area contributed by atoms with Gasteiger partial charge in [-0.2, -0.15) is 0 Å². The molecule has 0 aliphatic carbocycles. The molecule has 6 heteroatoms. The maximum absolute atomic E-state index is 11.1. The van der Waals surface area contributed by atoms with Gasteiger partial charge in [-0.25, -0.2) is 4.79 Å². The molecule has 0 aliphatic heterocycles. The third-order valence-electron chi connectivity index (χ3n) is 1.33. The lowest BCUT2D eigenvalue weighted by Crippen LogP contribution is -2.39. The lowest BCUT2D eigenvalue weighted by Gasteiger charge is -2.08. The second-order valence-corrected chi connectivity index (χ2v) is 3.96. The average Bonchev–Trinajstić information content (AvgIpc) is 2.03. The molecule has 0 rings (SSSR count). The van der Waals surface area contributed by atoms with Crippen molar-refractivity contribution in [3.05, 3.63) is 0 Å². The zero-order chi connectivity index (χ0) is 10.3. The van der Waals surface area contributed by atoms with Crippen LogP contribution in [0.4, 0.5) is 4.79 Å². The van der Waals surface area contributed by atoms with Gasteiger partial charge in [0, 0.05) is 0 Å². The number of nitrogens with one attached hydrogen (secondary N) is 1. The molecule has 0 aromatic heterocycles. The second kappa shape index (κ2) is 6.73. The van der Waals surface area contributed by atoms with Crippen LogP contribution in [0.2, 0.25) is 0 Å². The Morgan fingerprint density at radius 2 is 2.15 bits per heavy atom. The van der Waals surface area contributed by atoms with Crippen molar-refractivity contribution < 1.29 is 9.59 Å². The summed E-state index contributed by atoms with van der Waals surface area (Å²) in [5, 5.41) is 1.75. The third kappa shape index (κ3) is 6.41. The highest BCUT2D eigenvalue weighted by atomic mass is 32.2. The van der Waals surface area contributed by atoms with Gasteiger partial charge in [-0.05, 0) is 25.6 Å². The SMILES string of the molecule is CC(SCCCN)C(=O)NC(N)=O. The van der Waals surface area contributed by atoms with Crippen molar-refractivity contribution in [2.45, 2.75) is 18.6 Å². The number of thioether (sulfide) groups is 1.